The number of rotatable bonds is 5. The standard InChI is InChI=1S/C17H18F3N3O2S/c1-10-4-7-14(26-10)16(25)21-9-15(24)22-13-6-5-11(23(2)3)8-12(13)17(18,19)20/h4-8H,9H2,1-3H3,(H,21,25)(H,22,24). The first-order valence-electron chi connectivity index (χ1n) is 7.61. The van der Waals surface area contributed by atoms with Crippen molar-refractivity contribution >= 4 is 34.5 Å². The Bertz CT molecular complexity index is 816. The summed E-state index contributed by atoms with van der Waals surface area (Å²) in [5, 5.41) is 4.60. The minimum atomic E-state index is -4.62. The van der Waals surface area contributed by atoms with Crippen LogP contribution in [0.4, 0.5) is 24.5 Å². The average molecular weight is 385 g/mol. The zero-order chi connectivity index (χ0) is 19.5. The first-order chi connectivity index (χ1) is 12.1. The molecule has 0 saturated carbocycles. The fourth-order valence-electron chi connectivity index (χ4n) is 2.15. The average Bonchev–Trinajstić information content (AvgIpc) is 2.98. The molecule has 0 aliphatic rings. The molecule has 0 fully saturated rings. The van der Waals surface area contributed by atoms with Crippen LogP contribution in [0, 0.1) is 6.92 Å². The van der Waals surface area contributed by atoms with Crippen molar-refractivity contribution in [1.82, 2.24) is 5.32 Å². The molecule has 2 aromatic rings. The summed E-state index contributed by atoms with van der Waals surface area (Å²) in [6.07, 6.45) is -4.62. The topological polar surface area (TPSA) is 61.4 Å². The molecule has 1 aromatic carbocycles. The van der Waals surface area contributed by atoms with Crippen LogP contribution in [0.2, 0.25) is 0 Å². The molecule has 0 saturated heterocycles. The van der Waals surface area contributed by atoms with Gasteiger partial charge in [-0.2, -0.15) is 13.2 Å². The van der Waals surface area contributed by atoms with E-state index < -0.39 is 30.1 Å². The maximum atomic E-state index is 13.2. The van der Waals surface area contributed by atoms with Crippen molar-refractivity contribution in [2.75, 3.05) is 30.9 Å². The fraction of sp³-hybridized carbons (Fsp3) is 0.294. The predicted molar refractivity (Wildman–Crippen MR) is 95.8 cm³/mol. The molecule has 1 aromatic heterocycles. The fourth-order valence-corrected chi connectivity index (χ4v) is 2.94. The smallest absolute Gasteiger partial charge is 0.378 e. The van der Waals surface area contributed by atoms with Crippen LogP contribution >= 0.6 is 11.3 Å². The third-order valence-corrected chi connectivity index (χ3v) is 4.47. The second-order valence-corrected chi connectivity index (χ2v) is 7.05. The van der Waals surface area contributed by atoms with E-state index in [0.717, 1.165) is 10.9 Å². The summed E-state index contributed by atoms with van der Waals surface area (Å²) >= 11 is 1.26. The monoisotopic (exact) mass is 385 g/mol. The molecular weight excluding hydrogens is 367 g/mol. The van der Waals surface area contributed by atoms with Crippen LogP contribution in [-0.2, 0) is 11.0 Å². The van der Waals surface area contributed by atoms with Crippen molar-refractivity contribution in [3.63, 3.8) is 0 Å². The van der Waals surface area contributed by atoms with E-state index in [1.165, 1.54) is 28.4 Å². The minimum absolute atomic E-state index is 0.352. The van der Waals surface area contributed by atoms with Gasteiger partial charge in [0.15, 0.2) is 0 Å². The molecule has 1 heterocycles. The number of anilines is 2. The molecule has 0 atom stereocenters. The van der Waals surface area contributed by atoms with Gasteiger partial charge in [0.1, 0.15) is 0 Å². The highest BCUT2D eigenvalue weighted by Gasteiger charge is 2.34. The molecule has 9 heteroatoms. The molecule has 0 aliphatic heterocycles. The summed E-state index contributed by atoms with van der Waals surface area (Å²) in [6.45, 7) is 1.41. The molecule has 0 unspecified atom stereocenters. The Kier molecular flexibility index (Phi) is 5.91. The Morgan fingerprint density at radius 3 is 2.38 bits per heavy atom. The molecular formula is C17H18F3N3O2S. The summed E-state index contributed by atoms with van der Waals surface area (Å²) in [5.74, 6) is -1.19. The highest BCUT2D eigenvalue weighted by atomic mass is 32.1. The number of nitrogens with zero attached hydrogens (tertiary/aromatic N) is 1. The van der Waals surface area contributed by atoms with E-state index in [0.29, 0.717) is 10.6 Å². The number of alkyl halides is 3. The minimum Gasteiger partial charge on any atom is -0.378 e. The van der Waals surface area contributed by atoms with Crippen LogP contribution in [0.5, 0.6) is 0 Å². The zero-order valence-corrected chi connectivity index (χ0v) is 15.2. The molecule has 2 amide bonds. The molecule has 2 rings (SSSR count). The Labute approximate surface area is 152 Å². The molecule has 5 nitrogen and oxygen atoms in total. The molecule has 0 spiro atoms. The van der Waals surface area contributed by atoms with Crippen LogP contribution in [0.1, 0.15) is 20.1 Å². The number of halogens is 3. The predicted octanol–water partition coefficient (Wildman–Crippen LogP) is 3.51. The summed E-state index contributed by atoms with van der Waals surface area (Å²) in [6, 6.07) is 7.01. The first kappa shape index (κ1) is 19.8. The lowest BCUT2D eigenvalue weighted by Crippen LogP contribution is -2.33. The highest BCUT2D eigenvalue weighted by molar-refractivity contribution is 7.13. The SMILES string of the molecule is Cc1ccc(C(=O)NCC(=O)Nc2ccc(N(C)C)cc2C(F)(F)F)s1. The zero-order valence-electron chi connectivity index (χ0n) is 14.4. The second kappa shape index (κ2) is 7.77. The van der Waals surface area contributed by atoms with E-state index in [4.69, 9.17) is 0 Å². The second-order valence-electron chi connectivity index (χ2n) is 5.76. The maximum Gasteiger partial charge on any atom is 0.418 e. The molecule has 2 N–H and O–H groups in total. The van der Waals surface area contributed by atoms with Gasteiger partial charge in [0.25, 0.3) is 5.91 Å². The van der Waals surface area contributed by atoms with Gasteiger partial charge >= 0.3 is 6.18 Å². The lowest BCUT2D eigenvalue weighted by molar-refractivity contribution is -0.136. The van der Waals surface area contributed by atoms with Gasteiger partial charge in [-0.15, -0.1) is 11.3 Å². The van der Waals surface area contributed by atoms with Gasteiger partial charge in [-0.25, -0.2) is 0 Å². The van der Waals surface area contributed by atoms with Crippen molar-refractivity contribution in [2.24, 2.45) is 0 Å². The van der Waals surface area contributed by atoms with Crippen LogP contribution in [0.25, 0.3) is 0 Å². The van der Waals surface area contributed by atoms with Gasteiger partial charge in [-0.05, 0) is 37.3 Å². The Morgan fingerprint density at radius 2 is 1.85 bits per heavy atom. The maximum absolute atomic E-state index is 13.2. The summed E-state index contributed by atoms with van der Waals surface area (Å²) in [5.41, 5.74) is -0.941. The molecule has 0 aliphatic carbocycles. The molecule has 140 valence electrons. The van der Waals surface area contributed by atoms with Crippen LogP contribution < -0.4 is 15.5 Å². The van der Waals surface area contributed by atoms with E-state index >= 15 is 0 Å². The third-order valence-electron chi connectivity index (χ3n) is 3.47. The van der Waals surface area contributed by atoms with E-state index in [1.54, 1.807) is 26.2 Å². The Balaban J connectivity index is 2.07. The molecule has 0 bridgehead atoms. The summed E-state index contributed by atoms with van der Waals surface area (Å²) in [4.78, 5) is 26.7. The van der Waals surface area contributed by atoms with Crippen molar-refractivity contribution in [3.05, 3.63) is 45.6 Å². The number of aryl methyl sites for hydroxylation is 1. The van der Waals surface area contributed by atoms with Crippen LogP contribution in [0.15, 0.2) is 30.3 Å². The lowest BCUT2D eigenvalue weighted by atomic mass is 10.1. The summed E-state index contributed by atoms with van der Waals surface area (Å²) < 4.78 is 39.7. The summed E-state index contributed by atoms with van der Waals surface area (Å²) in [7, 11) is 3.24. The normalized spacial score (nSPS) is 11.2. The van der Waals surface area contributed by atoms with Crippen LogP contribution in [0.3, 0.4) is 0 Å². The van der Waals surface area contributed by atoms with E-state index in [9.17, 15) is 22.8 Å². The molecule has 0 radical (unpaired) electrons. The number of carbonyl (C=O) groups excluding carboxylic acids is 2. The van der Waals surface area contributed by atoms with E-state index in [1.807, 2.05) is 6.92 Å². The Morgan fingerprint density at radius 1 is 1.15 bits per heavy atom. The number of hydrogen-bond acceptors (Lipinski definition) is 4. The van der Waals surface area contributed by atoms with Crippen molar-refractivity contribution in [3.8, 4) is 0 Å². The first-order valence-corrected chi connectivity index (χ1v) is 8.42. The van der Waals surface area contributed by atoms with E-state index in [-0.39, 0.29) is 5.69 Å². The Hall–Kier alpha value is -2.55. The van der Waals surface area contributed by atoms with Crippen LogP contribution in [-0.4, -0.2) is 32.5 Å². The van der Waals surface area contributed by atoms with Gasteiger partial charge in [0.05, 0.1) is 22.7 Å². The van der Waals surface area contributed by atoms with Gasteiger partial charge < -0.3 is 15.5 Å². The number of hydrogen-bond donors (Lipinski definition) is 2. The van der Waals surface area contributed by atoms with Gasteiger partial charge in [0, 0.05) is 24.7 Å². The lowest BCUT2D eigenvalue weighted by Gasteiger charge is -2.18. The number of thiophene rings is 1. The quantitative estimate of drug-likeness (QED) is 0.828. The number of carbonyl (C=O) groups is 2. The number of nitrogens with one attached hydrogen (secondary N) is 2. The largest absolute Gasteiger partial charge is 0.418 e. The molecule has 26 heavy (non-hydrogen) atoms. The van der Waals surface area contributed by atoms with Gasteiger partial charge in [-0.1, -0.05) is 0 Å². The van der Waals surface area contributed by atoms with Crippen molar-refractivity contribution in [2.45, 2.75) is 13.1 Å². The number of amides is 2. The van der Waals surface area contributed by atoms with Gasteiger partial charge in [-0.3, -0.25) is 9.59 Å². The van der Waals surface area contributed by atoms with E-state index in [2.05, 4.69) is 10.6 Å². The van der Waals surface area contributed by atoms with Crippen molar-refractivity contribution < 1.29 is 22.8 Å². The third kappa shape index (κ3) is 4.98. The highest BCUT2D eigenvalue weighted by Crippen LogP contribution is 2.37. The number of benzene rings is 1. The van der Waals surface area contributed by atoms with Gasteiger partial charge in [0.2, 0.25) is 5.91 Å². The van der Waals surface area contributed by atoms with Crippen molar-refractivity contribution in [1.29, 1.82) is 0 Å².